The first kappa shape index (κ1) is 18.0. The summed E-state index contributed by atoms with van der Waals surface area (Å²) in [6.45, 7) is 0. The summed E-state index contributed by atoms with van der Waals surface area (Å²) in [6.07, 6.45) is 1.49. The van der Waals surface area contributed by atoms with E-state index in [1.807, 2.05) is 0 Å². The van der Waals surface area contributed by atoms with Crippen LogP contribution in [0.15, 0.2) is 65.7 Å². The number of aromatic nitrogens is 1. The Hall–Kier alpha value is -3.39. The lowest BCUT2D eigenvalue weighted by atomic mass is 9.95. The zero-order valence-electron chi connectivity index (χ0n) is 14.2. The van der Waals surface area contributed by atoms with E-state index < -0.39 is 35.1 Å². The third kappa shape index (κ3) is 2.97. The largest absolute Gasteiger partial charge is 0.507 e. The van der Waals surface area contributed by atoms with Crippen molar-refractivity contribution in [3.05, 3.63) is 88.4 Å². The molecule has 0 saturated carbocycles. The molecule has 140 valence electrons. The summed E-state index contributed by atoms with van der Waals surface area (Å²) in [7, 11) is 0. The van der Waals surface area contributed by atoms with Gasteiger partial charge < -0.3 is 5.11 Å². The summed E-state index contributed by atoms with van der Waals surface area (Å²) in [6, 6.07) is 9.18. The lowest BCUT2D eigenvalue weighted by Crippen LogP contribution is -2.29. The summed E-state index contributed by atoms with van der Waals surface area (Å²) in [5, 5.41) is 12.7. The molecule has 1 atom stereocenters. The molecule has 3 aromatic rings. The van der Waals surface area contributed by atoms with Crippen molar-refractivity contribution in [2.75, 3.05) is 4.90 Å². The second-order valence-corrected chi connectivity index (χ2v) is 6.92. The van der Waals surface area contributed by atoms with Crippen LogP contribution in [-0.2, 0) is 9.59 Å². The van der Waals surface area contributed by atoms with Crippen molar-refractivity contribution in [2.24, 2.45) is 0 Å². The van der Waals surface area contributed by atoms with Gasteiger partial charge in [0.05, 0.1) is 11.6 Å². The number of benzene rings is 2. The molecule has 0 bridgehead atoms. The molecule has 2 heterocycles. The number of carbonyl (C=O) groups excluding carboxylic acids is 2. The summed E-state index contributed by atoms with van der Waals surface area (Å²) in [5.74, 6) is -3.17. The van der Waals surface area contributed by atoms with Crippen LogP contribution in [0.5, 0.6) is 0 Å². The van der Waals surface area contributed by atoms with Crippen molar-refractivity contribution in [3.63, 3.8) is 0 Å². The number of Topliss-reactive ketones (excluding diaryl/α,β-unsaturated/α-hetero) is 1. The van der Waals surface area contributed by atoms with E-state index in [1.165, 1.54) is 47.5 Å². The molecular formula is C20H12F2N2O3S. The quantitative estimate of drug-likeness (QED) is 0.411. The number of halogens is 2. The van der Waals surface area contributed by atoms with Gasteiger partial charge in [-0.1, -0.05) is 12.1 Å². The standard InChI is InChI=1S/C20H12F2N2O3S/c21-13-5-1-11(2-6-13)16-15(17(25)12-3-7-14(22)8-4-12)18(26)19(27)24(16)20-23-9-10-28-20/h1-10,16,25H/b17-15+. The minimum atomic E-state index is -0.989. The van der Waals surface area contributed by atoms with Crippen molar-refractivity contribution in [2.45, 2.75) is 6.04 Å². The zero-order chi connectivity index (χ0) is 19.8. The summed E-state index contributed by atoms with van der Waals surface area (Å²) < 4.78 is 26.6. The van der Waals surface area contributed by atoms with Gasteiger partial charge in [-0.15, -0.1) is 11.3 Å². The summed E-state index contributed by atoms with van der Waals surface area (Å²) >= 11 is 1.15. The maximum atomic E-state index is 13.4. The van der Waals surface area contributed by atoms with Gasteiger partial charge in [-0.3, -0.25) is 14.5 Å². The van der Waals surface area contributed by atoms with Gasteiger partial charge in [-0.05, 0) is 42.0 Å². The molecule has 8 heteroatoms. The second kappa shape index (κ2) is 6.97. The number of thiazole rings is 1. The number of ketones is 1. The van der Waals surface area contributed by atoms with E-state index in [4.69, 9.17) is 0 Å². The van der Waals surface area contributed by atoms with E-state index in [0.29, 0.717) is 5.56 Å². The van der Waals surface area contributed by atoms with Crippen LogP contribution in [0.4, 0.5) is 13.9 Å². The van der Waals surface area contributed by atoms with E-state index in [0.717, 1.165) is 23.5 Å². The Bertz CT molecular complexity index is 1080. The first-order valence-corrected chi connectivity index (χ1v) is 9.07. The number of aliphatic hydroxyl groups is 1. The molecule has 1 saturated heterocycles. The monoisotopic (exact) mass is 398 g/mol. The SMILES string of the molecule is O=C1C(=O)N(c2nccs2)C(c2ccc(F)cc2)/C1=C(\O)c1ccc(F)cc1. The molecule has 4 rings (SSSR count). The summed E-state index contributed by atoms with van der Waals surface area (Å²) in [4.78, 5) is 30.8. The Morgan fingerprint density at radius 3 is 2.18 bits per heavy atom. The van der Waals surface area contributed by atoms with E-state index in [9.17, 15) is 23.5 Å². The van der Waals surface area contributed by atoms with Gasteiger partial charge in [0.1, 0.15) is 17.4 Å². The molecule has 1 aromatic heterocycles. The Labute approximate surface area is 162 Å². The molecular weight excluding hydrogens is 386 g/mol. The van der Waals surface area contributed by atoms with Gasteiger partial charge in [0, 0.05) is 17.1 Å². The van der Waals surface area contributed by atoms with E-state index >= 15 is 0 Å². The Kier molecular flexibility index (Phi) is 4.48. The molecule has 5 nitrogen and oxygen atoms in total. The van der Waals surface area contributed by atoms with Crippen molar-refractivity contribution in [3.8, 4) is 0 Å². The Balaban J connectivity index is 1.93. The summed E-state index contributed by atoms with van der Waals surface area (Å²) in [5.41, 5.74) is 0.448. The van der Waals surface area contributed by atoms with Crippen LogP contribution in [0.1, 0.15) is 17.2 Å². The number of nitrogens with zero attached hydrogens (tertiary/aromatic N) is 2. The number of amides is 1. The van der Waals surface area contributed by atoms with Crippen LogP contribution in [-0.4, -0.2) is 21.8 Å². The predicted molar refractivity (Wildman–Crippen MR) is 99.7 cm³/mol. The zero-order valence-corrected chi connectivity index (χ0v) is 15.0. The molecule has 0 radical (unpaired) electrons. The minimum absolute atomic E-state index is 0.168. The molecule has 1 aliphatic heterocycles. The fourth-order valence-electron chi connectivity index (χ4n) is 3.09. The fraction of sp³-hybridized carbons (Fsp3) is 0.0500. The van der Waals surface area contributed by atoms with E-state index in [-0.39, 0.29) is 16.3 Å². The second-order valence-electron chi connectivity index (χ2n) is 6.04. The molecule has 1 N–H and O–H groups in total. The van der Waals surface area contributed by atoms with Crippen molar-refractivity contribution >= 4 is 33.9 Å². The van der Waals surface area contributed by atoms with Crippen molar-refractivity contribution in [1.82, 2.24) is 4.98 Å². The molecule has 1 unspecified atom stereocenters. The van der Waals surface area contributed by atoms with Crippen LogP contribution in [0.3, 0.4) is 0 Å². The normalized spacial score (nSPS) is 18.6. The number of anilines is 1. The Morgan fingerprint density at radius 2 is 1.61 bits per heavy atom. The number of aliphatic hydroxyl groups excluding tert-OH is 1. The smallest absolute Gasteiger partial charge is 0.301 e. The third-order valence-electron chi connectivity index (χ3n) is 4.37. The molecule has 1 fully saturated rings. The average molecular weight is 398 g/mol. The molecule has 28 heavy (non-hydrogen) atoms. The van der Waals surface area contributed by atoms with Gasteiger partial charge in [-0.2, -0.15) is 0 Å². The van der Waals surface area contributed by atoms with Gasteiger partial charge in [0.15, 0.2) is 5.13 Å². The maximum Gasteiger partial charge on any atom is 0.301 e. The van der Waals surface area contributed by atoms with Gasteiger partial charge in [0.2, 0.25) is 0 Å². The molecule has 2 aromatic carbocycles. The van der Waals surface area contributed by atoms with E-state index in [2.05, 4.69) is 4.98 Å². The van der Waals surface area contributed by atoms with Crippen LogP contribution >= 0.6 is 11.3 Å². The molecule has 1 amide bonds. The van der Waals surface area contributed by atoms with Gasteiger partial charge in [0.25, 0.3) is 5.78 Å². The topological polar surface area (TPSA) is 70.5 Å². The first-order chi connectivity index (χ1) is 13.5. The highest BCUT2D eigenvalue weighted by atomic mass is 32.1. The lowest BCUT2D eigenvalue weighted by molar-refractivity contribution is -0.132. The fourth-order valence-corrected chi connectivity index (χ4v) is 3.76. The molecule has 0 spiro atoms. The number of hydrogen-bond donors (Lipinski definition) is 1. The first-order valence-electron chi connectivity index (χ1n) is 8.19. The molecule has 0 aliphatic carbocycles. The van der Waals surface area contributed by atoms with Crippen LogP contribution in [0.2, 0.25) is 0 Å². The highest BCUT2D eigenvalue weighted by Gasteiger charge is 2.47. The van der Waals surface area contributed by atoms with Gasteiger partial charge in [-0.25, -0.2) is 13.8 Å². The number of hydrogen-bond acceptors (Lipinski definition) is 5. The lowest BCUT2D eigenvalue weighted by Gasteiger charge is -2.22. The molecule has 1 aliphatic rings. The maximum absolute atomic E-state index is 13.4. The number of carbonyl (C=O) groups is 2. The minimum Gasteiger partial charge on any atom is -0.507 e. The third-order valence-corrected chi connectivity index (χ3v) is 5.14. The van der Waals surface area contributed by atoms with E-state index in [1.54, 1.807) is 5.38 Å². The number of rotatable bonds is 3. The van der Waals surface area contributed by atoms with Gasteiger partial charge >= 0.3 is 5.91 Å². The van der Waals surface area contributed by atoms with Crippen LogP contribution < -0.4 is 4.90 Å². The van der Waals surface area contributed by atoms with Crippen molar-refractivity contribution < 1.29 is 23.5 Å². The van der Waals surface area contributed by atoms with Crippen LogP contribution in [0, 0.1) is 11.6 Å². The average Bonchev–Trinajstić information content (AvgIpc) is 3.30. The predicted octanol–water partition coefficient (Wildman–Crippen LogP) is 4.05. The highest BCUT2D eigenvalue weighted by Crippen LogP contribution is 2.42. The Morgan fingerprint density at radius 1 is 1.00 bits per heavy atom. The van der Waals surface area contributed by atoms with Crippen molar-refractivity contribution in [1.29, 1.82) is 0 Å². The highest BCUT2D eigenvalue weighted by molar-refractivity contribution is 7.14. The van der Waals surface area contributed by atoms with Crippen LogP contribution in [0.25, 0.3) is 5.76 Å².